The summed E-state index contributed by atoms with van der Waals surface area (Å²) in [5.74, 6) is 1.65. The van der Waals surface area contributed by atoms with Crippen LogP contribution in [-0.4, -0.2) is 43.7 Å². The molecule has 3 nitrogen and oxygen atoms in total. The van der Waals surface area contributed by atoms with E-state index in [1.54, 1.807) is 0 Å². The standard InChI is InChI=1S/C22H33B2NO2/c1-5-25-17-9-6-14-16-8-7-15(13(2)23)21(16,4)12-22(24,27)19(14)20(17,3)11-10-18(25)26/h9,13-16,19,27H,5-8,10-12H2,1-4H3/t13?,14?,15?,16?,19?,20-,21+,22-/m0/s1. The molecule has 4 radical (unpaired) electrons. The maximum atomic E-state index is 12.5. The van der Waals surface area contributed by atoms with Crippen LogP contribution in [0.5, 0.6) is 0 Å². The first kappa shape index (κ1) is 19.6. The zero-order valence-corrected chi connectivity index (χ0v) is 17.4. The van der Waals surface area contributed by atoms with Crippen LogP contribution in [0.15, 0.2) is 11.8 Å². The molecule has 27 heavy (non-hydrogen) atoms. The first-order chi connectivity index (χ1) is 12.6. The van der Waals surface area contributed by atoms with Gasteiger partial charge >= 0.3 is 0 Å². The molecule has 4 rings (SSSR count). The summed E-state index contributed by atoms with van der Waals surface area (Å²) in [5.41, 5.74) is -0.349. The van der Waals surface area contributed by atoms with Crippen molar-refractivity contribution in [2.45, 2.75) is 77.5 Å². The van der Waals surface area contributed by atoms with Gasteiger partial charge in [-0.1, -0.05) is 39.1 Å². The monoisotopic (exact) mass is 365 g/mol. The number of piperidine rings is 1. The second-order valence-corrected chi connectivity index (χ2v) is 10.3. The van der Waals surface area contributed by atoms with E-state index in [9.17, 15) is 9.90 Å². The van der Waals surface area contributed by atoms with Gasteiger partial charge in [0, 0.05) is 29.6 Å². The third-order valence-electron chi connectivity index (χ3n) is 8.89. The molecule has 0 aromatic heterocycles. The number of likely N-dealkylation sites (tertiary alicyclic amines) is 1. The Bertz CT molecular complexity index is 675. The Kier molecular flexibility index (Phi) is 4.46. The lowest BCUT2D eigenvalue weighted by molar-refractivity contribution is -0.159. The number of aliphatic hydroxyl groups is 1. The third kappa shape index (κ3) is 2.56. The second kappa shape index (κ2) is 6.15. The summed E-state index contributed by atoms with van der Waals surface area (Å²) in [6.45, 7) is 9.38. The van der Waals surface area contributed by atoms with Crippen LogP contribution in [-0.2, 0) is 4.79 Å². The van der Waals surface area contributed by atoms with E-state index in [2.05, 4.69) is 26.8 Å². The van der Waals surface area contributed by atoms with Crippen LogP contribution < -0.4 is 0 Å². The lowest BCUT2D eigenvalue weighted by Crippen LogP contribution is -2.64. The number of amides is 1. The molecule has 1 heterocycles. The van der Waals surface area contributed by atoms with Gasteiger partial charge in [0.05, 0.1) is 7.85 Å². The first-order valence-electron chi connectivity index (χ1n) is 10.8. The maximum absolute atomic E-state index is 12.5. The van der Waals surface area contributed by atoms with Crippen molar-refractivity contribution in [3.05, 3.63) is 11.8 Å². The zero-order chi connectivity index (χ0) is 19.8. The van der Waals surface area contributed by atoms with Gasteiger partial charge in [0.25, 0.3) is 0 Å². The molecule has 2 saturated carbocycles. The van der Waals surface area contributed by atoms with E-state index in [0.717, 1.165) is 25.0 Å². The molecule has 1 saturated heterocycles. The Morgan fingerprint density at radius 3 is 2.70 bits per heavy atom. The number of nitrogens with zero attached hydrogens (tertiary/aromatic N) is 1. The van der Waals surface area contributed by atoms with Crippen LogP contribution in [0.25, 0.3) is 0 Å². The molecule has 3 fully saturated rings. The van der Waals surface area contributed by atoms with E-state index in [1.165, 1.54) is 6.42 Å². The summed E-state index contributed by atoms with van der Waals surface area (Å²) in [6.07, 6.45) is 7.45. The highest BCUT2D eigenvalue weighted by Crippen LogP contribution is 2.69. The van der Waals surface area contributed by atoms with Crippen molar-refractivity contribution in [2.24, 2.45) is 34.5 Å². The summed E-state index contributed by atoms with van der Waals surface area (Å²) in [6, 6.07) is 0. The fourth-order valence-corrected chi connectivity index (χ4v) is 8.09. The number of carbonyl (C=O) groups is 1. The highest BCUT2D eigenvalue weighted by atomic mass is 16.3. The molecular weight excluding hydrogens is 332 g/mol. The average molecular weight is 365 g/mol. The molecule has 1 N–H and O–H groups in total. The molecule has 3 aliphatic carbocycles. The fourth-order valence-electron chi connectivity index (χ4n) is 8.09. The Morgan fingerprint density at radius 1 is 1.37 bits per heavy atom. The summed E-state index contributed by atoms with van der Waals surface area (Å²) in [4.78, 5) is 14.4. The molecular formula is C22H33B2NO2. The van der Waals surface area contributed by atoms with Crippen molar-refractivity contribution in [1.82, 2.24) is 4.90 Å². The van der Waals surface area contributed by atoms with Gasteiger partial charge in [-0.2, -0.15) is 0 Å². The number of carbonyl (C=O) groups excluding carboxylic acids is 1. The van der Waals surface area contributed by atoms with Crippen LogP contribution in [0.4, 0.5) is 0 Å². The van der Waals surface area contributed by atoms with Gasteiger partial charge in [-0.15, -0.1) is 0 Å². The number of hydrogen-bond donors (Lipinski definition) is 1. The molecule has 0 aromatic rings. The van der Waals surface area contributed by atoms with E-state index in [0.29, 0.717) is 37.1 Å². The van der Waals surface area contributed by atoms with Crippen LogP contribution in [0.2, 0.25) is 5.82 Å². The smallest absolute Gasteiger partial charge is 0.226 e. The normalized spacial score (nSPS) is 50.5. The number of fused-ring (bicyclic) bond motifs is 5. The van der Waals surface area contributed by atoms with Crippen molar-refractivity contribution in [3.8, 4) is 0 Å². The van der Waals surface area contributed by atoms with E-state index in [4.69, 9.17) is 15.7 Å². The van der Waals surface area contributed by atoms with E-state index >= 15 is 0 Å². The van der Waals surface area contributed by atoms with Gasteiger partial charge in [0.1, 0.15) is 7.85 Å². The number of allylic oxidation sites excluding steroid dienone is 2. The second-order valence-electron chi connectivity index (χ2n) is 10.3. The van der Waals surface area contributed by atoms with E-state index in [1.807, 2.05) is 11.8 Å². The Morgan fingerprint density at radius 2 is 2.07 bits per heavy atom. The predicted octanol–water partition coefficient (Wildman–Crippen LogP) is 3.43. The molecule has 1 amide bonds. The molecule has 0 aromatic carbocycles. The zero-order valence-electron chi connectivity index (χ0n) is 17.4. The lowest BCUT2D eigenvalue weighted by Gasteiger charge is -2.64. The van der Waals surface area contributed by atoms with Gasteiger partial charge in [-0.3, -0.25) is 4.79 Å². The first-order valence-corrected chi connectivity index (χ1v) is 10.8. The highest BCUT2D eigenvalue weighted by molar-refractivity contribution is 6.15. The third-order valence-corrected chi connectivity index (χ3v) is 8.89. The minimum absolute atomic E-state index is 0.00273. The topological polar surface area (TPSA) is 40.5 Å². The van der Waals surface area contributed by atoms with E-state index < -0.39 is 5.50 Å². The van der Waals surface area contributed by atoms with Crippen molar-refractivity contribution >= 4 is 21.6 Å². The maximum Gasteiger partial charge on any atom is 0.226 e. The number of rotatable bonds is 2. The summed E-state index contributed by atoms with van der Waals surface area (Å²) in [5, 5.41) is 11.6. The quantitative estimate of drug-likeness (QED) is 0.762. The molecule has 144 valence electrons. The molecule has 0 spiro atoms. The van der Waals surface area contributed by atoms with Crippen LogP contribution in [0, 0.1) is 34.5 Å². The Balaban J connectivity index is 1.79. The molecule has 5 heteroatoms. The summed E-state index contributed by atoms with van der Waals surface area (Å²) in [7, 11) is 13.1. The predicted molar refractivity (Wildman–Crippen MR) is 109 cm³/mol. The largest absolute Gasteiger partial charge is 0.399 e. The molecule has 8 atom stereocenters. The fraction of sp³-hybridized carbons (Fsp3) is 0.864. The van der Waals surface area contributed by atoms with Crippen molar-refractivity contribution in [2.75, 3.05) is 6.54 Å². The molecule has 5 unspecified atom stereocenters. The van der Waals surface area contributed by atoms with Gasteiger partial charge in [-0.05, 0) is 61.7 Å². The van der Waals surface area contributed by atoms with Gasteiger partial charge < -0.3 is 10.0 Å². The molecule has 0 bridgehead atoms. The highest BCUT2D eigenvalue weighted by Gasteiger charge is 2.65. The van der Waals surface area contributed by atoms with E-state index in [-0.39, 0.29) is 28.5 Å². The molecule has 1 aliphatic heterocycles. The SMILES string of the molecule is [B]C(C)C1CCC2C3CC=C4N(CC)C(=O)CC[C@]4(C)C3[C@@]([B])(O)C[C@]12C. The lowest BCUT2D eigenvalue weighted by atomic mass is 9.40. The molecule has 4 aliphatic rings. The Labute approximate surface area is 167 Å². The Hall–Kier alpha value is -0.700. The summed E-state index contributed by atoms with van der Waals surface area (Å²) < 4.78 is 0. The average Bonchev–Trinajstić information content (AvgIpc) is 2.90. The van der Waals surface area contributed by atoms with Gasteiger partial charge in [-0.25, -0.2) is 0 Å². The summed E-state index contributed by atoms with van der Waals surface area (Å²) >= 11 is 0. The van der Waals surface area contributed by atoms with Crippen molar-refractivity contribution < 1.29 is 9.90 Å². The van der Waals surface area contributed by atoms with Crippen molar-refractivity contribution in [3.63, 3.8) is 0 Å². The minimum atomic E-state index is -1.22. The number of hydrogen-bond acceptors (Lipinski definition) is 2. The van der Waals surface area contributed by atoms with Gasteiger partial charge in [0.15, 0.2) is 0 Å². The van der Waals surface area contributed by atoms with Crippen LogP contribution in [0.1, 0.15) is 66.2 Å². The van der Waals surface area contributed by atoms with Crippen LogP contribution >= 0.6 is 0 Å². The minimum Gasteiger partial charge on any atom is -0.399 e. The van der Waals surface area contributed by atoms with Gasteiger partial charge in [0.2, 0.25) is 5.91 Å². The van der Waals surface area contributed by atoms with Crippen molar-refractivity contribution in [1.29, 1.82) is 0 Å². The van der Waals surface area contributed by atoms with Crippen LogP contribution in [0.3, 0.4) is 0 Å².